The van der Waals surface area contributed by atoms with E-state index in [2.05, 4.69) is 56.0 Å². The first kappa shape index (κ1) is 19.6. The van der Waals surface area contributed by atoms with Crippen LogP contribution in [-0.4, -0.2) is 33.3 Å². The van der Waals surface area contributed by atoms with Gasteiger partial charge in [0.05, 0.1) is 25.2 Å². The van der Waals surface area contributed by atoms with Gasteiger partial charge in [0.2, 0.25) is 0 Å². The Labute approximate surface area is 161 Å². The van der Waals surface area contributed by atoms with E-state index in [0.717, 1.165) is 35.5 Å². The lowest BCUT2D eigenvalue weighted by molar-refractivity contribution is 0.352. The molecule has 25 heavy (non-hydrogen) atoms. The number of thiophene rings is 1. The molecule has 0 fully saturated rings. The zero-order valence-corrected chi connectivity index (χ0v) is 17.2. The van der Waals surface area contributed by atoms with Crippen molar-refractivity contribution < 1.29 is 9.47 Å². The molecule has 0 aliphatic rings. The highest BCUT2D eigenvalue weighted by atomic mass is 79.9. The fourth-order valence-corrected chi connectivity index (χ4v) is 3.69. The number of aliphatic imine (C=N–C) groups is 1. The third-order valence-electron chi connectivity index (χ3n) is 3.50. The summed E-state index contributed by atoms with van der Waals surface area (Å²) in [6.45, 7) is 4.28. The highest BCUT2D eigenvalue weighted by Crippen LogP contribution is 2.36. The Kier molecular flexibility index (Phi) is 8.08. The van der Waals surface area contributed by atoms with Gasteiger partial charge in [0.25, 0.3) is 0 Å². The van der Waals surface area contributed by atoms with E-state index in [-0.39, 0.29) is 0 Å². The van der Waals surface area contributed by atoms with Crippen LogP contribution in [0.1, 0.15) is 17.4 Å². The fourth-order valence-electron chi connectivity index (χ4n) is 2.33. The topological polar surface area (TPSA) is 54.9 Å². The second-order valence-electron chi connectivity index (χ2n) is 5.26. The minimum absolute atomic E-state index is 0.549. The molecule has 0 saturated heterocycles. The van der Waals surface area contributed by atoms with Crippen molar-refractivity contribution in [1.82, 2.24) is 10.6 Å². The molecule has 0 radical (unpaired) electrons. The molecular formula is C18H24BrN3O2S. The summed E-state index contributed by atoms with van der Waals surface area (Å²) >= 11 is 5.29. The molecule has 136 valence electrons. The monoisotopic (exact) mass is 425 g/mol. The maximum Gasteiger partial charge on any atom is 0.191 e. The minimum Gasteiger partial charge on any atom is -0.493 e. The molecule has 0 saturated carbocycles. The van der Waals surface area contributed by atoms with Crippen LogP contribution in [0.5, 0.6) is 11.5 Å². The first-order chi connectivity index (χ1) is 12.2. The minimum atomic E-state index is 0.549. The molecule has 5 nitrogen and oxygen atoms in total. The third kappa shape index (κ3) is 5.93. The molecule has 7 heteroatoms. The van der Waals surface area contributed by atoms with Crippen molar-refractivity contribution in [2.75, 3.05) is 27.3 Å². The Morgan fingerprint density at radius 3 is 2.72 bits per heavy atom. The van der Waals surface area contributed by atoms with Crippen LogP contribution in [0.15, 0.2) is 39.1 Å². The Morgan fingerprint density at radius 1 is 1.24 bits per heavy atom. The van der Waals surface area contributed by atoms with Gasteiger partial charge < -0.3 is 20.1 Å². The lowest BCUT2D eigenvalue weighted by atomic mass is 10.2. The van der Waals surface area contributed by atoms with Gasteiger partial charge in [-0.05, 0) is 58.4 Å². The van der Waals surface area contributed by atoms with Crippen molar-refractivity contribution in [3.63, 3.8) is 0 Å². The van der Waals surface area contributed by atoms with Crippen molar-refractivity contribution in [2.24, 2.45) is 4.99 Å². The normalized spacial score (nSPS) is 11.3. The van der Waals surface area contributed by atoms with Crippen molar-refractivity contribution in [1.29, 1.82) is 0 Å². The summed E-state index contributed by atoms with van der Waals surface area (Å²) in [6.07, 6.45) is 0.990. The summed E-state index contributed by atoms with van der Waals surface area (Å²) in [5.41, 5.74) is 1.04. The molecule has 0 spiro atoms. The maximum atomic E-state index is 5.38. The highest BCUT2D eigenvalue weighted by molar-refractivity contribution is 9.10. The van der Waals surface area contributed by atoms with Crippen molar-refractivity contribution in [3.8, 4) is 11.5 Å². The van der Waals surface area contributed by atoms with Crippen molar-refractivity contribution >= 4 is 33.2 Å². The number of nitrogens with zero attached hydrogens (tertiary/aromatic N) is 1. The standard InChI is InChI=1S/C18H24BrN3O2S/c1-4-20-18(21-8-7-14-6-5-9-25-14)22-12-13-10-15(19)17(24-3)16(11-13)23-2/h5-6,9-11H,4,7-8,12H2,1-3H3,(H2,20,21,22). The first-order valence-electron chi connectivity index (χ1n) is 8.12. The van der Waals surface area contributed by atoms with Gasteiger partial charge >= 0.3 is 0 Å². The molecule has 0 amide bonds. The first-order valence-corrected chi connectivity index (χ1v) is 9.80. The summed E-state index contributed by atoms with van der Waals surface area (Å²) < 4.78 is 11.6. The van der Waals surface area contributed by atoms with Gasteiger partial charge in [0, 0.05) is 18.0 Å². The van der Waals surface area contributed by atoms with Crippen LogP contribution < -0.4 is 20.1 Å². The van der Waals surface area contributed by atoms with E-state index in [1.54, 1.807) is 25.6 Å². The van der Waals surface area contributed by atoms with Gasteiger partial charge in [0.1, 0.15) is 0 Å². The molecule has 2 aromatic rings. The zero-order chi connectivity index (χ0) is 18.1. The van der Waals surface area contributed by atoms with Gasteiger partial charge in [-0.1, -0.05) is 6.07 Å². The zero-order valence-electron chi connectivity index (χ0n) is 14.8. The van der Waals surface area contributed by atoms with Gasteiger partial charge in [-0.25, -0.2) is 4.99 Å². The van der Waals surface area contributed by atoms with E-state index in [4.69, 9.17) is 9.47 Å². The SMILES string of the molecule is CCNC(=NCc1cc(Br)c(OC)c(OC)c1)NCCc1cccs1. The van der Waals surface area contributed by atoms with Crippen LogP contribution in [0.4, 0.5) is 0 Å². The largest absolute Gasteiger partial charge is 0.493 e. The number of benzene rings is 1. The number of nitrogens with one attached hydrogen (secondary N) is 2. The Morgan fingerprint density at radius 2 is 2.08 bits per heavy atom. The Balaban J connectivity index is 2.01. The number of guanidine groups is 1. The summed E-state index contributed by atoms with van der Waals surface area (Å²) in [6, 6.07) is 8.17. The molecule has 2 N–H and O–H groups in total. The molecule has 0 bridgehead atoms. The van der Waals surface area contributed by atoms with E-state index >= 15 is 0 Å². The Bertz CT molecular complexity index is 690. The summed E-state index contributed by atoms with van der Waals surface area (Å²) in [4.78, 5) is 6.02. The summed E-state index contributed by atoms with van der Waals surface area (Å²) in [7, 11) is 3.26. The van der Waals surface area contributed by atoms with Gasteiger partial charge in [0.15, 0.2) is 17.5 Å². The lowest BCUT2D eigenvalue weighted by Gasteiger charge is -2.13. The second-order valence-corrected chi connectivity index (χ2v) is 7.15. The molecule has 2 rings (SSSR count). The number of halogens is 1. The van der Waals surface area contributed by atoms with E-state index in [1.807, 2.05) is 12.1 Å². The fraction of sp³-hybridized carbons (Fsp3) is 0.389. The molecule has 0 atom stereocenters. The molecule has 1 aromatic heterocycles. The van der Waals surface area contributed by atoms with Crippen molar-refractivity contribution in [2.45, 2.75) is 19.9 Å². The molecule has 0 aliphatic carbocycles. The number of hydrogen-bond acceptors (Lipinski definition) is 4. The predicted octanol–water partition coefficient (Wildman–Crippen LogP) is 3.83. The number of rotatable bonds is 8. The van der Waals surface area contributed by atoms with Crippen LogP contribution >= 0.6 is 27.3 Å². The quantitative estimate of drug-likeness (QED) is 0.498. The Hall–Kier alpha value is -1.73. The third-order valence-corrected chi connectivity index (χ3v) is 5.03. The predicted molar refractivity (Wildman–Crippen MR) is 108 cm³/mol. The van der Waals surface area contributed by atoms with E-state index in [0.29, 0.717) is 18.0 Å². The maximum absolute atomic E-state index is 5.38. The average molecular weight is 426 g/mol. The highest BCUT2D eigenvalue weighted by Gasteiger charge is 2.10. The van der Waals surface area contributed by atoms with Crippen molar-refractivity contribution in [3.05, 3.63) is 44.6 Å². The van der Waals surface area contributed by atoms with Crippen LogP contribution in [0.25, 0.3) is 0 Å². The summed E-state index contributed by atoms with van der Waals surface area (Å²) in [5, 5.41) is 8.75. The van der Waals surface area contributed by atoms with Gasteiger partial charge in [-0.2, -0.15) is 0 Å². The van der Waals surface area contributed by atoms with Gasteiger partial charge in [-0.3, -0.25) is 0 Å². The van der Waals surface area contributed by atoms with E-state index in [9.17, 15) is 0 Å². The molecule has 1 aromatic carbocycles. The van der Waals surface area contributed by atoms with Crippen LogP contribution in [0.3, 0.4) is 0 Å². The van der Waals surface area contributed by atoms with Gasteiger partial charge in [-0.15, -0.1) is 11.3 Å². The molecule has 0 aliphatic heterocycles. The molecule has 0 unspecified atom stereocenters. The average Bonchev–Trinajstić information content (AvgIpc) is 3.12. The van der Waals surface area contributed by atoms with E-state index in [1.165, 1.54) is 4.88 Å². The smallest absolute Gasteiger partial charge is 0.191 e. The number of ether oxygens (including phenoxy) is 2. The summed E-state index contributed by atoms with van der Waals surface area (Å²) in [5.74, 6) is 2.19. The second kappa shape index (κ2) is 10.3. The number of hydrogen-bond donors (Lipinski definition) is 2. The molecule has 1 heterocycles. The van der Waals surface area contributed by atoms with E-state index < -0.39 is 0 Å². The number of methoxy groups -OCH3 is 2. The lowest BCUT2D eigenvalue weighted by Crippen LogP contribution is -2.38. The van der Waals surface area contributed by atoms with Crippen LogP contribution in [0.2, 0.25) is 0 Å². The molecular weight excluding hydrogens is 402 g/mol. The van der Waals surface area contributed by atoms with Crippen LogP contribution in [-0.2, 0) is 13.0 Å². The van der Waals surface area contributed by atoms with Crippen LogP contribution in [0, 0.1) is 0 Å².